The number of allylic oxidation sites excluding steroid dienone is 13. The number of unbranched alkanes of at least 4 members (excludes halogenated alkanes) is 18. The van der Waals surface area contributed by atoms with Crippen molar-refractivity contribution >= 4 is 23.9 Å². The highest BCUT2D eigenvalue weighted by atomic mass is 16.7. The van der Waals surface area contributed by atoms with Crippen LogP contribution in [0.5, 0.6) is 0 Å². The molecule has 0 aromatic carbocycles. The van der Waals surface area contributed by atoms with E-state index in [9.17, 15) is 34.5 Å². The fourth-order valence-corrected chi connectivity index (χ4v) is 7.71. The van der Waals surface area contributed by atoms with Gasteiger partial charge in [-0.2, -0.15) is 0 Å². The van der Waals surface area contributed by atoms with Crippen LogP contribution in [0, 0.1) is 0 Å². The average Bonchev–Trinajstić information content (AvgIpc) is 3.35. The maximum Gasteiger partial charge on any atom is 0.335 e. The number of aliphatic hydroxyl groups excluding tert-OH is 2. The number of carbonyl (C=O) groups is 4. The smallest absolute Gasteiger partial charge is 0.335 e. The maximum absolute atomic E-state index is 13.1. The quantitative estimate of drug-likeness (QED) is 0.0228. The first kappa shape index (κ1) is 64.9. The van der Waals surface area contributed by atoms with Crippen molar-refractivity contribution in [3.8, 4) is 0 Å². The molecular weight excluding hydrogens is 901 g/mol. The Balaban J connectivity index is 2.77. The van der Waals surface area contributed by atoms with Crippen LogP contribution in [-0.4, -0.2) is 89.2 Å². The second-order valence-electron chi connectivity index (χ2n) is 18.5. The minimum absolute atomic E-state index is 0.137. The fourth-order valence-electron chi connectivity index (χ4n) is 7.71. The molecule has 0 aliphatic carbocycles. The summed E-state index contributed by atoms with van der Waals surface area (Å²) in [5.41, 5.74) is 0. The molecule has 1 aliphatic rings. The number of aliphatic hydroxyl groups is 2. The minimum atomic E-state index is -1.94. The van der Waals surface area contributed by atoms with Gasteiger partial charge < -0.3 is 39.0 Å². The molecule has 0 aromatic rings. The SMILES string of the molecule is CC/C=C\C/C=C\C/C=C\C/C=C\C/C=C\CC(=O)OC1C(OCC(COC(=O)CCCCCCC/C=C\CCCCCCCC)OC(=O)CCCCCCC/C=C\CCCC)OC(C(=O)O)C(O)C1O. The van der Waals surface area contributed by atoms with Gasteiger partial charge in [-0.05, 0) is 89.9 Å². The Hall–Kier alpha value is -4.10. The summed E-state index contributed by atoms with van der Waals surface area (Å²) < 4.78 is 28.2. The first-order valence-corrected chi connectivity index (χ1v) is 27.6. The molecule has 1 rings (SSSR count). The number of ether oxygens (including phenoxy) is 5. The van der Waals surface area contributed by atoms with Crippen molar-refractivity contribution in [3.05, 3.63) is 85.1 Å². The number of aliphatic carboxylic acids is 1. The van der Waals surface area contributed by atoms with E-state index in [1.165, 1.54) is 51.4 Å². The molecule has 3 N–H and O–H groups in total. The lowest BCUT2D eigenvalue weighted by Crippen LogP contribution is -2.61. The highest BCUT2D eigenvalue weighted by molar-refractivity contribution is 5.74. The van der Waals surface area contributed by atoms with Crippen LogP contribution < -0.4 is 0 Å². The van der Waals surface area contributed by atoms with Crippen LogP contribution in [0.2, 0.25) is 0 Å². The van der Waals surface area contributed by atoms with E-state index in [2.05, 4.69) is 81.5 Å². The van der Waals surface area contributed by atoms with Crippen LogP contribution in [0.15, 0.2) is 85.1 Å². The van der Waals surface area contributed by atoms with E-state index in [1.807, 2.05) is 12.2 Å². The predicted octanol–water partition coefficient (Wildman–Crippen LogP) is 13.6. The lowest BCUT2D eigenvalue weighted by molar-refractivity contribution is -0.301. The summed E-state index contributed by atoms with van der Waals surface area (Å²) in [6.45, 7) is 5.75. The van der Waals surface area contributed by atoms with Gasteiger partial charge in [0.15, 0.2) is 24.6 Å². The third-order valence-electron chi connectivity index (χ3n) is 12.0. The molecule has 0 saturated carbocycles. The largest absolute Gasteiger partial charge is 0.479 e. The number of carboxylic acid groups (broad SMARTS) is 1. The summed E-state index contributed by atoms with van der Waals surface area (Å²) in [4.78, 5) is 50.9. The summed E-state index contributed by atoms with van der Waals surface area (Å²) in [5, 5.41) is 31.3. The van der Waals surface area contributed by atoms with Gasteiger partial charge in [0.25, 0.3) is 0 Å². The summed E-state index contributed by atoms with van der Waals surface area (Å²) in [6, 6.07) is 0. The van der Waals surface area contributed by atoms with Gasteiger partial charge in [0.05, 0.1) is 13.0 Å². The van der Waals surface area contributed by atoms with Gasteiger partial charge in [-0.1, -0.05) is 189 Å². The molecule has 6 atom stereocenters. The van der Waals surface area contributed by atoms with Crippen molar-refractivity contribution in [3.63, 3.8) is 0 Å². The first-order valence-electron chi connectivity index (χ1n) is 27.6. The Kier molecular flexibility index (Phi) is 42.9. The van der Waals surface area contributed by atoms with Crippen LogP contribution in [0.25, 0.3) is 0 Å². The Morgan fingerprint density at radius 1 is 0.493 bits per heavy atom. The highest BCUT2D eigenvalue weighted by Gasteiger charge is 2.50. The second-order valence-corrected chi connectivity index (χ2v) is 18.5. The number of carbonyl (C=O) groups excluding carboxylic acids is 3. The van der Waals surface area contributed by atoms with Crippen molar-refractivity contribution in [2.24, 2.45) is 0 Å². The van der Waals surface area contributed by atoms with E-state index in [4.69, 9.17) is 23.7 Å². The number of hydrogen-bond donors (Lipinski definition) is 3. The molecule has 1 aliphatic heterocycles. The molecule has 12 heteroatoms. The van der Waals surface area contributed by atoms with Gasteiger partial charge in [0.1, 0.15) is 18.8 Å². The van der Waals surface area contributed by atoms with Gasteiger partial charge in [-0.3, -0.25) is 14.4 Å². The van der Waals surface area contributed by atoms with Gasteiger partial charge in [0, 0.05) is 12.8 Å². The fraction of sp³-hybridized carbons (Fsp3) is 0.695. The monoisotopic (exact) mass is 997 g/mol. The number of rotatable bonds is 45. The normalized spacial score (nSPS) is 19.1. The lowest BCUT2D eigenvalue weighted by Gasteiger charge is -2.40. The molecule has 6 unspecified atom stereocenters. The van der Waals surface area contributed by atoms with E-state index in [-0.39, 0.29) is 25.9 Å². The average molecular weight is 997 g/mol. The van der Waals surface area contributed by atoms with E-state index in [0.717, 1.165) is 103 Å². The lowest BCUT2D eigenvalue weighted by atomic mass is 9.98. The third kappa shape index (κ3) is 37.3. The molecule has 0 aromatic heterocycles. The minimum Gasteiger partial charge on any atom is -0.479 e. The Morgan fingerprint density at radius 2 is 0.944 bits per heavy atom. The summed E-state index contributed by atoms with van der Waals surface area (Å²) in [7, 11) is 0. The Morgan fingerprint density at radius 3 is 1.45 bits per heavy atom. The third-order valence-corrected chi connectivity index (χ3v) is 12.0. The molecule has 1 saturated heterocycles. The molecule has 1 fully saturated rings. The zero-order valence-corrected chi connectivity index (χ0v) is 44.2. The van der Waals surface area contributed by atoms with Crippen molar-refractivity contribution in [2.75, 3.05) is 13.2 Å². The molecular formula is C59H96O12. The molecule has 12 nitrogen and oxygen atoms in total. The zero-order valence-electron chi connectivity index (χ0n) is 44.2. The summed E-state index contributed by atoms with van der Waals surface area (Å²) >= 11 is 0. The van der Waals surface area contributed by atoms with Crippen molar-refractivity contribution in [2.45, 2.75) is 250 Å². The van der Waals surface area contributed by atoms with Crippen LogP contribution in [0.3, 0.4) is 0 Å². The van der Waals surface area contributed by atoms with Gasteiger partial charge in [-0.25, -0.2) is 4.79 Å². The predicted molar refractivity (Wildman–Crippen MR) is 284 cm³/mol. The molecule has 0 amide bonds. The highest BCUT2D eigenvalue weighted by Crippen LogP contribution is 2.26. The van der Waals surface area contributed by atoms with Crippen molar-refractivity contribution < 1.29 is 58.2 Å². The van der Waals surface area contributed by atoms with E-state index >= 15 is 0 Å². The van der Waals surface area contributed by atoms with Crippen molar-refractivity contribution in [1.82, 2.24) is 0 Å². The van der Waals surface area contributed by atoms with Crippen LogP contribution >= 0.6 is 0 Å². The first-order chi connectivity index (χ1) is 34.6. The molecule has 71 heavy (non-hydrogen) atoms. The molecule has 404 valence electrons. The van der Waals surface area contributed by atoms with Crippen molar-refractivity contribution in [1.29, 1.82) is 0 Å². The Bertz CT molecular complexity index is 1560. The maximum atomic E-state index is 13.1. The van der Waals surface area contributed by atoms with Gasteiger partial charge in [0.2, 0.25) is 0 Å². The van der Waals surface area contributed by atoms with Crippen LogP contribution in [0.1, 0.15) is 213 Å². The standard InChI is InChI=1S/C59H96O12/c1-4-7-10-13-16-19-22-24-26-28-31-33-36-39-42-45-51(60)67-48-50(69-52(61)46-43-40-37-34-30-21-18-15-12-9-6-3)49-68-59-57(55(64)54(63)56(71-59)58(65)66)70-53(62)47-44-41-38-35-32-29-27-25-23-20-17-14-11-8-5-2/h8,11,15,17-18,20,24-27,32,35,41,44,50,54-57,59,63-64H,4-7,9-10,12-14,16,19,21-23,28-31,33-34,36-40,42-43,45-49H2,1-3H3,(H,65,66)/b11-8-,18-15-,20-17-,26-24-,27-25-,35-32-,44-41-. The van der Waals surface area contributed by atoms with Gasteiger partial charge >= 0.3 is 23.9 Å². The van der Waals surface area contributed by atoms with Gasteiger partial charge in [-0.15, -0.1) is 0 Å². The van der Waals surface area contributed by atoms with E-state index in [1.54, 1.807) is 12.2 Å². The number of carboxylic acids is 1. The number of esters is 3. The summed E-state index contributed by atoms with van der Waals surface area (Å²) in [6.07, 6.45) is 47.4. The van der Waals surface area contributed by atoms with Crippen LogP contribution in [-0.2, 0) is 42.9 Å². The topological polar surface area (TPSA) is 175 Å². The van der Waals surface area contributed by atoms with Crippen LogP contribution in [0.4, 0.5) is 0 Å². The molecule has 1 heterocycles. The molecule has 0 bridgehead atoms. The second kappa shape index (κ2) is 46.9. The van der Waals surface area contributed by atoms with E-state index < -0.39 is 67.3 Å². The molecule has 0 spiro atoms. The molecule has 0 radical (unpaired) electrons. The zero-order chi connectivity index (χ0) is 51.8. The number of hydrogen-bond acceptors (Lipinski definition) is 11. The Labute approximate surface area is 429 Å². The van der Waals surface area contributed by atoms with E-state index in [0.29, 0.717) is 19.3 Å². The summed E-state index contributed by atoms with van der Waals surface area (Å²) in [5.74, 6) is -3.31.